The number of thiophene rings is 1. The molecule has 2 saturated heterocycles. The predicted molar refractivity (Wildman–Crippen MR) is 80.4 cm³/mol. The molecule has 2 aliphatic heterocycles. The maximum atomic E-state index is 12.6. The summed E-state index contributed by atoms with van der Waals surface area (Å²) in [6, 6.07) is 2.10. The number of nitrogens with zero attached hydrogens (tertiary/aromatic N) is 1. The van der Waals surface area contributed by atoms with Gasteiger partial charge in [-0.3, -0.25) is 0 Å². The van der Waals surface area contributed by atoms with Crippen LogP contribution in [0.15, 0.2) is 16.8 Å². The Morgan fingerprint density at radius 1 is 1.35 bits per heavy atom. The molecule has 0 aromatic carbocycles. The molecule has 0 saturated carbocycles. The number of sulfonamides is 1. The predicted octanol–water partition coefficient (Wildman–Crippen LogP) is 2.78. The summed E-state index contributed by atoms with van der Waals surface area (Å²) in [6.07, 6.45) is 4.74. The zero-order valence-electron chi connectivity index (χ0n) is 11.5. The maximum Gasteiger partial charge on any atom is 0.214 e. The summed E-state index contributed by atoms with van der Waals surface area (Å²) >= 11 is 1.63. The van der Waals surface area contributed by atoms with Crippen LogP contribution in [0.5, 0.6) is 0 Å². The highest BCUT2D eigenvalue weighted by molar-refractivity contribution is 7.89. The van der Waals surface area contributed by atoms with Crippen LogP contribution < -0.4 is 0 Å². The molecule has 2 fully saturated rings. The van der Waals surface area contributed by atoms with Crippen LogP contribution in [-0.4, -0.2) is 37.7 Å². The van der Waals surface area contributed by atoms with Gasteiger partial charge in [0.1, 0.15) is 0 Å². The molecule has 1 aromatic heterocycles. The Morgan fingerprint density at radius 2 is 2.25 bits per heavy atom. The molecule has 112 valence electrons. The quantitative estimate of drug-likeness (QED) is 0.839. The Hall–Kier alpha value is -0.430. The lowest BCUT2D eigenvalue weighted by Crippen LogP contribution is -2.33. The lowest BCUT2D eigenvalue weighted by Gasteiger charge is -2.24. The standard InChI is InChI=1S/C14H21NO3S2/c16-20(17,10-6-13-3-2-8-18-13)15-7-1-4-14(15)12-5-9-19-11-12/h5,9,11,13-14H,1-4,6-8,10H2/t13-,14-/m0/s1. The first-order valence-electron chi connectivity index (χ1n) is 7.30. The van der Waals surface area contributed by atoms with E-state index in [0.29, 0.717) is 13.0 Å². The first-order valence-corrected chi connectivity index (χ1v) is 9.85. The second kappa shape index (κ2) is 6.13. The van der Waals surface area contributed by atoms with Gasteiger partial charge in [-0.2, -0.15) is 15.6 Å². The third-order valence-corrected chi connectivity index (χ3v) is 6.82. The summed E-state index contributed by atoms with van der Waals surface area (Å²) < 4.78 is 32.4. The van der Waals surface area contributed by atoms with E-state index in [1.54, 1.807) is 15.6 Å². The summed E-state index contributed by atoms with van der Waals surface area (Å²) in [5.41, 5.74) is 1.15. The summed E-state index contributed by atoms with van der Waals surface area (Å²) in [6.45, 7) is 1.44. The first-order chi connectivity index (χ1) is 9.67. The van der Waals surface area contributed by atoms with E-state index in [1.165, 1.54) is 0 Å². The highest BCUT2D eigenvalue weighted by Crippen LogP contribution is 2.35. The fraction of sp³-hybridized carbons (Fsp3) is 0.714. The fourth-order valence-corrected chi connectivity index (χ4v) is 5.66. The molecule has 0 aliphatic carbocycles. The van der Waals surface area contributed by atoms with E-state index < -0.39 is 10.0 Å². The van der Waals surface area contributed by atoms with Crippen LogP contribution in [0.25, 0.3) is 0 Å². The van der Waals surface area contributed by atoms with Crippen molar-refractivity contribution in [2.75, 3.05) is 18.9 Å². The van der Waals surface area contributed by atoms with Crippen molar-refractivity contribution in [1.82, 2.24) is 4.31 Å². The normalized spacial score (nSPS) is 28.2. The summed E-state index contributed by atoms with van der Waals surface area (Å²) in [5.74, 6) is 0.221. The van der Waals surface area contributed by atoms with Gasteiger partial charge in [-0.25, -0.2) is 8.42 Å². The van der Waals surface area contributed by atoms with E-state index in [0.717, 1.165) is 37.9 Å². The molecule has 0 bridgehead atoms. The van der Waals surface area contributed by atoms with Crippen LogP contribution in [0, 0.1) is 0 Å². The zero-order valence-corrected chi connectivity index (χ0v) is 13.2. The third kappa shape index (κ3) is 3.08. The summed E-state index contributed by atoms with van der Waals surface area (Å²) in [4.78, 5) is 0. The smallest absolute Gasteiger partial charge is 0.214 e. The van der Waals surface area contributed by atoms with Crippen LogP contribution in [0.4, 0.5) is 0 Å². The van der Waals surface area contributed by atoms with Crippen molar-refractivity contribution in [3.63, 3.8) is 0 Å². The summed E-state index contributed by atoms with van der Waals surface area (Å²) in [7, 11) is -3.16. The minimum absolute atomic E-state index is 0.0516. The topological polar surface area (TPSA) is 46.6 Å². The molecule has 0 spiro atoms. The molecule has 0 N–H and O–H groups in total. The average Bonchev–Trinajstić information content (AvgIpc) is 3.16. The average molecular weight is 315 g/mol. The van der Waals surface area contributed by atoms with Gasteiger partial charge in [0.25, 0.3) is 0 Å². The minimum Gasteiger partial charge on any atom is -0.378 e. The molecule has 0 radical (unpaired) electrons. The highest BCUT2D eigenvalue weighted by Gasteiger charge is 2.35. The molecule has 3 heterocycles. The van der Waals surface area contributed by atoms with Crippen LogP contribution >= 0.6 is 11.3 Å². The molecular formula is C14H21NO3S2. The van der Waals surface area contributed by atoms with E-state index in [-0.39, 0.29) is 17.9 Å². The first kappa shape index (κ1) is 14.5. The van der Waals surface area contributed by atoms with Crippen molar-refractivity contribution < 1.29 is 13.2 Å². The van der Waals surface area contributed by atoms with Crippen molar-refractivity contribution >= 4 is 21.4 Å². The van der Waals surface area contributed by atoms with E-state index in [1.807, 2.05) is 11.4 Å². The number of hydrogen-bond acceptors (Lipinski definition) is 4. The molecular weight excluding hydrogens is 294 g/mol. The monoisotopic (exact) mass is 315 g/mol. The summed E-state index contributed by atoms with van der Waals surface area (Å²) in [5, 5.41) is 4.09. The molecule has 4 nitrogen and oxygen atoms in total. The molecule has 6 heteroatoms. The van der Waals surface area contributed by atoms with Gasteiger partial charge >= 0.3 is 0 Å². The molecule has 2 aliphatic rings. The number of hydrogen-bond donors (Lipinski definition) is 0. The Kier molecular flexibility index (Phi) is 4.45. The molecule has 1 aromatic rings. The molecule has 20 heavy (non-hydrogen) atoms. The SMILES string of the molecule is O=S(=O)(CC[C@@H]1CCCO1)N1CCC[C@H]1c1ccsc1. The van der Waals surface area contributed by atoms with Gasteiger partial charge in [0.2, 0.25) is 10.0 Å². The van der Waals surface area contributed by atoms with Gasteiger partial charge in [0.15, 0.2) is 0 Å². The third-order valence-electron chi connectivity index (χ3n) is 4.21. The lowest BCUT2D eigenvalue weighted by molar-refractivity contribution is 0.108. The van der Waals surface area contributed by atoms with Crippen molar-refractivity contribution in [1.29, 1.82) is 0 Å². The Labute approximate surface area is 124 Å². The van der Waals surface area contributed by atoms with Crippen LogP contribution in [0.2, 0.25) is 0 Å². The zero-order chi connectivity index (χ0) is 14.0. The number of ether oxygens (including phenoxy) is 1. The fourth-order valence-electron chi connectivity index (χ4n) is 3.14. The second-order valence-electron chi connectivity index (χ2n) is 5.57. The van der Waals surface area contributed by atoms with Crippen molar-refractivity contribution in [3.8, 4) is 0 Å². The van der Waals surface area contributed by atoms with Crippen LogP contribution in [0.1, 0.15) is 43.7 Å². The van der Waals surface area contributed by atoms with Gasteiger partial charge < -0.3 is 4.74 Å². The second-order valence-corrected chi connectivity index (χ2v) is 8.39. The van der Waals surface area contributed by atoms with Gasteiger partial charge in [-0.1, -0.05) is 0 Å². The van der Waals surface area contributed by atoms with E-state index >= 15 is 0 Å². The van der Waals surface area contributed by atoms with E-state index in [9.17, 15) is 8.42 Å². The van der Waals surface area contributed by atoms with Crippen LogP contribution in [0.3, 0.4) is 0 Å². The maximum absolute atomic E-state index is 12.6. The van der Waals surface area contributed by atoms with Gasteiger partial charge in [-0.15, -0.1) is 0 Å². The Balaban J connectivity index is 1.66. The van der Waals surface area contributed by atoms with Crippen molar-refractivity contribution in [3.05, 3.63) is 22.4 Å². The van der Waals surface area contributed by atoms with Crippen molar-refractivity contribution in [2.45, 2.75) is 44.2 Å². The largest absolute Gasteiger partial charge is 0.378 e. The highest BCUT2D eigenvalue weighted by atomic mass is 32.2. The van der Waals surface area contributed by atoms with E-state index in [2.05, 4.69) is 5.38 Å². The molecule has 3 rings (SSSR count). The Morgan fingerprint density at radius 3 is 2.95 bits per heavy atom. The van der Waals surface area contributed by atoms with Crippen molar-refractivity contribution in [2.24, 2.45) is 0 Å². The molecule has 0 unspecified atom stereocenters. The molecule has 0 amide bonds. The van der Waals surface area contributed by atoms with Gasteiger partial charge in [0, 0.05) is 13.2 Å². The molecule has 2 atom stereocenters. The van der Waals surface area contributed by atoms with Gasteiger partial charge in [0.05, 0.1) is 17.9 Å². The van der Waals surface area contributed by atoms with Crippen LogP contribution in [-0.2, 0) is 14.8 Å². The Bertz CT molecular complexity index is 521. The van der Waals surface area contributed by atoms with E-state index in [4.69, 9.17) is 4.74 Å². The van der Waals surface area contributed by atoms with Gasteiger partial charge in [-0.05, 0) is 54.5 Å². The number of rotatable bonds is 5. The lowest BCUT2D eigenvalue weighted by atomic mass is 10.1. The minimum atomic E-state index is -3.16.